The van der Waals surface area contributed by atoms with Crippen LogP contribution in [-0.2, 0) is 27.3 Å². The monoisotopic (exact) mass is 878 g/mol. The first kappa shape index (κ1) is 48.4. The van der Waals surface area contributed by atoms with Gasteiger partial charge >= 0.3 is 30.1 Å². The minimum atomic E-state index is -0.590. The van der Waals surface area contributed by atoms with E-state index in [1.54, 1.807) is 97.3 Å². The summed E-state index contributed by atoms with van der Waals surface area (Å²) in [7, 11) is 2.65. The van der Waals surface area contributed by atoms with E-state index in [9.17, 15) is 32.8 Å². The zero-order chi connectivity index (χ0) is 44.1. The van der Waals surface area contributed by atoms with Crippen LogP contribution in [0.5, 0.6) is 0 Å². The summed E-state index contributed by atoms with van der Waals surface area (Å²) in [6, 6.07) is 24.9. The SMILES string of the molecule is COC(=O)c1ccc(CN(C(=O)N2CCN(C(=O)OC(C)(C)C)CC2)c2ccc(F)cc2)cc1.COC(=O)c1ccc(CN(C(=O)N2CCNCC2)c2ccc(F)cc2)cc1.Cl. The molecule has 0 bridgehead atoms. The number of ether oxygens (including phenoxy) is 3. The molecule has 1 N–H and O–H groups in total. The van der Waals surface area contributed by atoms with E-state index < -0.39 is 29.5 Å². The number of rotatable bonds is 8. The van der Waals surface area contributed by atoms with Crippen LogP contribution < -0.4 is 15.1 Å². The zero-order valence-corrected chi connectivity index (χ0v) is 36.3. The summed E-state index contributed by atoms with van der Waals surface area (Å²) >= 11 is 0. The minimum Gasteiger partial charge on any atom is -0.465 e. The summed E-state index contributed by atoms with van der Waals surface area (Å²) in [5.74, 6) is -1.60. The molecule has 2 aliphatic rings. The van der Waals surface area contributed by atoms with Crippen LogP contribution in [0.2, 0.25) is 0 Å². The van der Waals surface area contributed by atoms with Gasteiger partial charge in [-0.15, -0.1) is 12.4 Å². The fourth-order valence-corrected chi connectivity index (χ4v) is 6.48. The molecule has 0 unspecified atom stereocenters. The van der Waals surface area contributed by atoms with Crippen molar-refractivity contribution in [1.82, 2.24) is 20.0 Å². The Morgan fingerprint density at radius 1 is 0.565 bits per heavy atom. The molecule has 17 heteroatoms. The number of halogens is 3. The predicted octanol–water partition coefficient (Wildman–Crippen LogP) is 7.36. The summed E-state index contributed by atoms with van der Waals surface area (Å²) in [5, 5.41) is 3.22. The molecule has 0 aromatic heterocycles. The minimum absolute atomic E-state index is 0. The van der Waals surface area contributed by atoms with Gasteiger partial charge in [-0.25, -0.2) is 32.8 Å². The highest BCUT2D eigenvalue weighted by atomic mass is 35.5. The number of amides is 5. The molecule has 2 saturated heterocycles. The van der Waals surface area contributed by atoms with Gasteiger partial charge in [-0.2, -0.15) is 0 Å². The largest absolute Gasteiger partial charge is 0.465 e. The van der Waals surface area contributed by atoms with Gasteiger partial charge in [0.2, 0.25) is 0 Å². The van der Waals surface area contributed by atoms with Gasteiger partial charge < -0.3 is 34.2 Å². The molecule has 0 radical (unpaired) electrons. The molecule has 0 aliphatic carbocycles. The van der Waals surface area contributed by atoms with Gasteiger partial charge in [-0.05, 0) is 105 Å². The molecule has 2 aliphatic heterocycles. The standard InChI is InChI=1S/C25H30FN3O5.C20H22FN3O3.ClH/c1-25(2,3)34-24(32)28-15-13-27(14-16-28)23(31)29(21-11-9-20(26)10-12-21)17-18-5-7-19(8-6-18)22(30)33-4;1-27-19(25)16-4-2-15(3-5-16)14-24(18-8-6-17(21)7-9-18)20(26)23-12-10-22-11-13-23;/h5-12H,13-17H2,1-4H3;2-9,22H,10-14H2,1H3;1H. The smallest absolute Gasteiger partial charge is 0.410 e. The number of carbonyl (C=O) groups excluding carboxylic acids is 5. The first-order chi connectivity index (χ1) is 29.1. The van der Waals surface area contributed by atoms with Crippen LogP contribution >= 0.6 is 12.4 Å². The second-order valence-corrected chi connectivity index (χ2v) is 15.3. The molecule has 2 heterocycles. The molecule has 14 nitrogen and oxygen atoms in total. The van der Waals surface area contributed by atoms with E-state index in [1.165, 1.54) is 38.5 Å². The number of nitrogens with one attached hydrogen (secondary N) is 1. The Bertz CT molecular complexity index is 2110. The zero-order valence-electron chi connectivity index (χ0n) is 35.5. The average molecular weight is 879 g/mol. The number of hydrogen-bond acceptors (Lipinski definition) is 9. The first-order valence-corrected chi connectivity index (χ1v) is 19.8. The number of hydrogen-bond donors (Lipinski definition) is 1. The lowest BCUT2D eigenvalue weighted by Gasteiger charge is -2.38. The first-order valence-electron chi connectivity index (χ1n) is 19.8. The third-order valence-electron chi connectivity index (χ3n) is 9.76. The van der Waals surface area contributed by atoms with Gasteiger partial charge in [0.05, 0.1) is 38.4 Å². The quantitative estimate of drug-likeness (QED) is 0.142. The number of benzene rings is 4. The lowest BCUT2D eigenvalue weighted by molar-refractivity contribution is 0.0171. The van der Waals surface area contributed by atoms with Crippen LogP contribution in [0, 0.1) is 11.6 Å². The highest BCUT2D eigenvalue weighted by molar-refractivity contribution is 5.93. The Balaban J connectivity index is 0.000000275. The van der Waals surface area contributed by atoms with Gasteiger partial charge in [-0.1, -0.05) is 24.3 Å². The van der Waals surface area contributed by atoms with E-state index in [2.05, 4.69) is 5.32 Å². The van der Waals surface area contributed by atoms with Crippen LogP contribution in [0.15, 0.2) is 97.1 Å². The lowest BCUT2D eigenvalue weighted by Crippen LogP contribution is -2.54. The van der Waals surface area contributed by atoms with Gasteiger partial charge in [0.25, 0.3) is 0 Å². The molecule has 5 amide bonds. The number of esters is 2. The van der Waals surface area contributed by atoms with Gasteiger partial charge in [-0.3, -0.25) is 9.80 Å². The molecule has 6 rings (SSSR count). The molecule has 2 fully saturated rings. The summed E-state index contributed by atoms with van der Waals surface area (Å²) in [5.41, 5.74) is 3.07. The molecular formula is C45H53ClF2N6O8. The summed E-state index contributed by atoms with van der Waals surface area (Å²) < 4.78 is 41.7. The second kappa shape index (κ2) is 22.5. The molecular weight excluding hydrogens is 826 g/mol. The van der Waals surface area contributed by atoms with Crippen molar-refractivity contribution in [3.05, 3.63) is 131 Å². The van der Waals surface area contributed by atoms with Crippen LogP contribution in [0.25, 0.3) is 0 Å². The van der Waals surface area contributed by atoms with E-state index in [0.29, 0.717) is 68.3 Å². The van der Waals surface area contributed by atoms with E-state index in [0.717, 1.165) is 24.2 Å². The molecule has 62 heavy (non-hydrogen) atoms. The van der Waals surface area contributed by atoms with Crippen molar-refractivity contribution in [3.8, 4) is 0 Å². The normalized spacial score (nSPS) is 13.7. The fraction of sp³-hybridized carbons (Fsp3) is 0.356. The maximum atomic E-state index is 13.5. The third kappa shape index (κ3) is 13.6. The Morgan fingerprint density at radius 2 is 0.919 bits per heavy atom. The van der Waals surface area contributed by atoms with E-state index >= 15 is 0 Å². The Hall–Kier alpha value is -6.26. The summed E-state index contributed by atoms with van der Waals surface area (Å²) in [4.78, 5) is 70.3. The summed E-state index contributed by atoms with van der Waals surface area (Å²) in [6.07, 6.45) is -0.402. The van der Waals surface area contributed by atoms with Crippen molar-refractivity contribution in [3.63, 3.8) is 0 Å². The molecule has 332 valence electrons. The highest BCUT2D eigenvalue weighted by Crippen LogP contribution is 2.23. The van der Waals surface area contributed by atoms with Crippen molar-refractivity contribution in [2.75, 3.05) is 76.4 Å². The van der Waals surface area contributed by atoms with Crippen molar-refractivity contribution >= 4 is 53.9 Å². The van der Waals surface area contributed by atoms with Crippen molar-refractivity contribution in [1.29, 1.82) is 0 Å². The van der Waals surface area contributed by atoms with Crippen LogP contribution in [0.1, 0.15) is 52.6 Å². The molecule has 4 aromatic rings. The Morgan fingerprint density at radius 3 is 1.27 bits per heavy atom. The van der Waals surface area contributed by atoms with Crippen molar-refractivity contribution in [2.45, 2.75) is 39.5 Å². The van der Waals surface area contributed by atoms with Gasteiger partial charge in [0.15, 0.2) is 0 Å². The number of urea groups is 2. The van der Waals surface area contributed by atoms with Crippen molar-refractivity contribution in [2.24, 2.45) is 0 Å². The second-order valence-electron chi connectivity index (χ2n) is 15.3. The Labute approximate surface area is 366 Å². The average Bonchev–Trinajstić information content (AvgIpc) is 3.27. The third-order valence-corrected chi connectivity index (χ3v) is 9.76. The predicted molar refractivity (Wildman–Crippen MR) is 233 cm³/mol. The van der Waals surface area contributed by atoms with Crippen molar-refractivity contribution < 1.29 is 47.0 Å². The number of piperazine rings is 2. The van der Waals surface area contributed by atoms with E-state index in [-0.39, 0.29) is 36.8 Å². The fourth-order valence-electron chi connectivity index (χ4n) is 6.48. The number of nitrogens with zero attached hydrogens (tertiary/aromatic N) is 5. The van der Waals surface area contributed by atoms with Crippen LogP contribution in [0.3, 0.4) is 0 Å². The van der Waals surface area contributed by atoms with Gasteiger partial charge in [0, 0.05) is 63.7 Å². The molecule has 4 aromatic carbocycles. The van der Waals surface area contributed by atoms with E-state index in [4.69, 9.17) is 14.2 Å². The molecule has 0 saturated carbocycles. The molecule has 0 atom stereocenters. The Kier molecular flexibility index (Phi) is 17.6. The van der Waals surface area contributed by atoms with Crippen LogP contribution in [0.4, 0.5) is 34.5 Å². The number of carbonyl (C=O) groups is 5. The lowest BCUT2D eigenvalue weighted by atomic mass is 10.1. The van der Waals surface area contributed by atoms with E-state index in [1.807, 2.05) is 20.8 Å². The highest BCUT2D eigenvalue weighted by Gasteiger charge is 2.31. The summed E-state index contributed by atoms with van der Waals surface area (Å²) in [6.45, 7) is 10.1. The maximum absolute atomic E-state index is 13.5. The number of anilines is 2. The molecule has 0 spiro atoms. The number of methoxy groups -OCH3 is 2. The van der Waals surface area contributed by atoms with Crippen LogP contribution in [-0.4, -0.2) is 117 Å². The maximum Gasteiger partial charge on any atom is 0.410 e. The van der Waals surface area contributed by atoms with Gasteiger partial charge in [0.1, 0.15) is 17.2 Å². The topological polar surface area (TPSA) is 141 Å².